The van der Waals surface area contributed by atoms with Crippen LogP contribution in [0.1, 0.15) is 18.4 Å². The fraction of sp³-hybridized carbons (Fsp3) is 0.381. The molecule has 0 bridgehead atoms. The number of benzene rings is 2. The minimum Gasteiger partial charge on any atom is -0.385 e. The number of aliphatic hydroxyl groups is 1. The van der Waals surface area contributed by atoms with Crippen LogP contribution in [0.15, 0.2) is 54.6 Å². The molecule has 2 aromatic carbocycles. The Morgan fingerprint density at radius 1 is 1.08 bits per heavy atom. The van der Waals surface area contributed by atoms with Crippen molar-refractivity contribution in [2.24, 2.45) is 0 Å². The fourth-order valence-corrected chi connectivity index (χ4v) is 3.51. The van der Waals surface area contributed by atoms with E-state index >= 15 is 0 Å². The first-order valence-corrected chi connectivity index (χ1v) is 9.15. The molecule has 0 aliphatic carbocycles. The number of amides is 1. The molecule has 0 atom stereocenters. The minimum absolute atomic E-state index is 0.0164. The van der Waals surface area contributed by atoms with Crippen LogP contribution in [0.25, 0.3) is 0 Å². The van der Waals surface area contributed by atoms with E-state index in [9.17, 15) is 9.90 Å². The molecule has 1 heterocycles. The van der Waals surface area contributed by atoms with E-state index in [0.717, 1.165) is 30.0 Å². The molecular formula is C21H28N3O2+. The Kier molecular flexibility index (Phi) is 5.59. The van der Waals surface area contributed by atoms with Gasteiger partial charge in [-0.15, -0.1) is 0 Å². The van der Waals surface area contributed by atoms with E-state index in [2.05, 4.69) is 5.32 Å². The zero-order chi connectivity index (χ0) is 18.6. The van der Waals surface area contributed by atoms with Crippen LogP contribution in [0.2, 0.25) is 0 Å². The Labute approximate surface area is 155 Å². The largest absolute Gasteiger partial charge is 0.385 e. The van der Waals surface area contributed by atoms with Crippen LogP contribution in [0.5, 0.6) is 0 Å². The van der Waals surface area contributed by atoms with E-state index in [1.54, 1.807) is 0 Å². The number of carbonyl (C=O) groups is 1. The van der Waals surface area contributed by atoms with Crippen molar-refractivity contribution in [3.8, 4) is 0 Å². The monoisotopic (exact) mass is 354 g/mol. The summed E-state index contributed by atoms with van der Waals surface area (Å²) < 4.78 is 0. The van der Waals surface area contributed by atoms with Crippen molar-refractivity contribution >= 4 is 17.3 Å². The molecule has 1 fully saturated rings. The standard InChI is InChI=1S/C21H27N3O2/c1-23(2)19-10-8-18(9-11-19)22-20(25)16-24-14-12-21(26,13-15-24)17-6-4-3-5-7-17/h3-11,26H,12-16H2,1-2H3,(H,22,25)/p+1. The number of piperidine rings is 1. The summed E-state index contributed by atoms with van der Waals surface area (Å²) in [4.78, 5) is 15.6. The van der Waals surface area contributed by atoms with E-state index in [0.29, 0.717) is 19.4 Å². The lowest BCUT2D eigenvalue weighted by atomic mass is 9.84. The van der Waals surface area contributed by atoms with Crippen LogP contribution in [-0.4, -0.2) is 44.7 Å². The number of hydrogen-bond donors (Lipinski definition) is 3. The lowest BCUT2D eigenvalue weighted by Gasteiger charge is -2.36. The lowest BCUT2D eigenvalue weighted by molar-refractivity contribution is -0.899. The molecule has 0 radical (unpaired) electrons. The summed E-state index contributed by atoms with van der Waals surface area (Å²) in [6.07, 6.45) is 1.36. The second-order valence-electron chi connectivity index (χ2n) is 7.31. The van der Waals surface area contributed by atoms with Crippen LogP contribution in [-0.2, 0) is 10.4 Å². The van der Waals surface area contributed by atoms with E-state index in [4.69, 9.17) is 0 Å². The molecule has 0 aromatic heterocycles. The third-order valence-electron chi connectivity index (χ3n) is 5.17. The number of quaternary nitrogens is 1. The third kappa shape index (κ3) is 4.42. The maximum Gasteiger partial charge on any atom is 0.279 e. The Morgan fingerprint density at radius 3 is 2.27 bits per heavy atom. The van der Waals surface area contributed by atoms with Gasteiger partial charge in [0.25, 0.3) is 5.91 Å². The molecule has 3 rings (SSSR count). The maximum absolute atomic E-state index is 12.3. The molecule has 5 heteroatoms. The van der Waals surface area contributed by atoms with Crippen LogP contribution in [0, 0.1) is 0 Å². The first-order chi connectivity index (χ1) is 12.5. The smallest absolute Gasteiger partial charge is 0.279 e. The second kappa shape index (κ2) is 7.89. The predicted molar refractivity (Wildman–Crippen MR) is 105 cm³/mol. The SMILES string of the molecule is CN(C)c1ccc(NC(=O)C[NH+]2CCC(O)(c3ccccc3)CC2)cc1. The zero-order valence-corrected chi connectivity index (χ0v) is 15.5. The van der Waals surface area contributed by atoms with Crippen molar-refractivity contribution in [1.29, 1.82) is 0 Å². The quantitative estimate of drug-likeness (QED) is 0.758. The van der Waals surface area contributed by atoms with E-state index in [1.807, 2.05) is 73.6 Å². The highest BCUT2D eigenvalue weighted by Gasteiger charge is 2.36. The molecule has 5 nitrogen and oxygen atoms in total. The predicted octanol–water partition coefficient (Wildman–Crippen LogP) is 1.26. The molecule has 26 heavy (non-hydrogen) atoms. The van der Waals surface area contributed by atoms with Crippen molar-refractivity contribution in [3.63, 3.8) is 0 Å². The number of anilines is 2. The van der Waals surface area contributed by atoms with Gasteiger partial charge in [-0.25, -0.2) is 0 Å². The van der Waals surface area contributed by atoms with Gasteiger partial charge < -0.3 is 20.2 Å². The number of carbonyl (C=O) groups excluding carboxylic acids is 1. The van der Waals surface area contributed by atoms with Crippen LogP contribution >= 0.6 is 0 Å². The summed E-state index contributed by atoms with van der Waals surface area (Å²) in [6, 6.07) is 17.7. The van der Waals surface area contributed by atoms with Gasteiger partial charge in [0, 0.05) is 38.3 Å². The maximum atomic E-state index is 12.3. The second-order valence-corrected chi connectivity index (χ2v) is 7.31. The number of nitrogens with zero attached hydrogens (tertiary/aromatic N) is 1. The van der Waals surface area contributed by atoms with Crippen LogP contribution in [0.4, 0.5) is 11.4 Å². The minimum atomic E-state index is -0.761. The molecule has 0 unspecified atom stereocenters. The van der Waals surface area contributed by atoms with Crippen LogP contribution in [0.3, 0.4) is 0 Å². The van der Waals surface area contributed by atoms with Gasteiger partial charge in [-0.2, -0.15) is 0 Å². The molecule has 1 aliphatic heterocycles. The highest BCUT2D eigenvalue weighted by Crippen LogP contribution is 2.28. The average molecular weight is 354 g/mol. The summed E-state index contributed by atoms with van der Waals surface area (Å²) in [7, 11) is 3.98. The van der Waals surface area contributed by atoms with Gasteiger partial charge in [-0.05, 0) is 29.8 Å². The van der Waals surface area contributed by atoms with E-state index < -0.39 is 5.60 Å². The summed E-state index contributed by atoms with van der Waals surface area (Å²) in [6.45, 7) is 2.01. The summed E-state index contributed by atoms with van der Waals surface area (Å²) in [5.41, 5.74) is 2.13. The highest BCUT2D eigenvalue weighted by molar-refractivity contribution is 5.91. The van der Waals surface area contributed by atoms with E-state index in [1.165, 1.54) is 4.90 Å². The van der Waals surface area contributed by atoms with Crippen molar-refractivity contribution in [2.45, 2.75) is 18.4 Å². The topological polar surface area (TPSA) is 57.0 Å². The molecule has 1 aliphatic rings. The molecule has 138 valence electrons. The molecule has 2 aromatic rings. The zero-order valence-electron chi connectivity index (χ0n) is 15.5. The lowest BCUT2D eigenvalue weighted by Crippen LogP contribution is -3.14. The molecule has 1 saturated heterocycles. The molecule has 1 amide bonds. The Hall–Kier alpha value is -2.37. The summed E-state index contributed by atoms with van der Waals surface area (Å²) >= 11 is 0. The number of rotatable bonds is 5. The third-order valence-corrected chi connectivity index (χ3v) is 5.17. The Bertz CT molecular complexity index is 721. The van der Waals surface area contributed by atoms with Gasteiger partial charge in [0.05, 0.1) is 13.1 Å². The van der Waals surface area contributed by atoms with Crippen molar-refractivity contribution in [2.75, 3.05) is 43.9 Å². The van der Waals surface area contributed by atoms with Gasteiger partial charge in [0.1, 0.15) is 5.60 Å². The average Bonchev–Trinajstić information content (AvgIpc) is 2.65. The van der Waals surface area contributed by atoms with Gasteiger partial charge >= 0.3 is 0 Å². The van der Waals surface area contributed by atoms with Crippen molar-refractivity contribution in [3.05, 3.63) is 60.2 Å². The number of nitrogens with one attached hydrogen (secondary N) is 2. The van der Waals surface area contributed by atoms with Crippen molar-refractivity contribution < 1.29 is 14.8 Å². The van der Waals surface area contributed by atoms with Crippen LogP contribution < -0.4 is 15.1 Å². The van der Waals surface area contributed by atoms with Crippen molar-refractivity contribution in [1.82, 2.24) is 0 Å². The first-order valence-electron chi connectivity index (χ1n) is 9.15. The Morgan fingerprint density at radius 2 is 1.69 bits per heavy atom. The number of likely N-dealkylation sites (tertiary alicyclic amines) is 1. The number of hydrogen-bond acceptors (Lipinski definition) is 3. The fourth-order valence-electron chi connectivity index (χ4n) is 3.51. The molecular weight excluding hydrogens is 326 g/mol. The Balaban J connectivity index is 1.50. The summed E-state index contributed by atoms with van der Waals surface area (Å²) in [5.74, 6) is 0.0164. The molecule has 0 saturated carbocycles. The normalized spacial score (nSPS) is 22.7. The van der Waals surface area contributed by atoms with E-state index in [-0.39, 0.29) is 5.91 Å². The summed E-state index contributed by atoms with van der Waals surface area (Å²) in [5, 5.41) is 13.8. The molecule has 3 N–H and O–H groups in total. The van der Waals surface area contributed by atoms with Gasteiger partial charge in [0.2, 0.25) is 0 Å². The van der Waals surface area contributed by atoms with Gasteiger partial charge in [0.15, 0.2) is 6.54 Å². The van der Waals surface area contributed by atoms with Gasteiger partial charge in [-0.3, -0.25) is 4.79 Å². The highest BCUT2D eigenvalue weighted by atomic mass is 16.3. The first kappa shape index (κ1) is 18.4. The van der Waals surface area contributed by atoms with Gasteiger partial charge in [-0.1, -0.05) is 30.3 Å². The molecule has 0 spiro atoms.